The highest BCUT2D eigenvalue weighted by molar-refractivity contribution is 6.00. The third-order valence-corrected chi connectivity index (χ3v) is 2.46. The van der Waals surface area contributed by atoms with Crippen LogP contribution in [0.2, 0.25) is 0 Å². The number of likely N-dealkylation sites (N-methyl/N-ethyl adjacent to an activating group) is 1. The van der Waals surface area contributed by atoms with Gasteiger partial charge in [-0.05, 0) is 32.0 Å². The van der Waals surface area contributed by atoms with E-state index in [1.165, 1.54) is 6.92 Å². The van der Waals surface area contributed by atoms with E-state index in [0.717, 1.165) is 0 Å². The topological polar surface area (TPSA) is 84.2 Å². The maximum Gasteiger partial charge on any atom is 0.241 e. The summed E-state index contributed by atoms with van der Waals surface area (Å²) < 4.78 is 0. The van der Waals surface area contributed by atoms with Gasteiger partial charge in [0.1, 0.15) is 6.04 Å². The Balaban J connectivity index is 2.90. The number of carbonyl (C=O) groups is 2. The van der Waals surface area contributed by atoms with Gasteiger partial charge in [0.15, 0.2) is 5.78 Å². The molecular weight excluding hydrogens is 218 g/mol. The highest BCUT2D eigenvalue weighted by atomic mass is 16.2. The van der Waals surface area contributed by atoms with Crippen LogP contribution in [0.15, 0.2) is 18.2 Å². The highest BCUT2D eigenvalue weighted by Crippen LogP contribution is 2.18. The molecule has 0 aliphatic heterocycles. The van der Waals surface area contributed by atoms with Gasteiger partial charge in [-0.2, -0.15) is 0 Å². The van der Waals surface area contributed by atoms with Crippen molar-refractivity contribution in [2.75, 3.05) is 18.1 Å². The van der Waals surface area contributed by atoms with E-state index < -0.39 is 0 Å². The number of ketones is 1. The zero-order valence-electron chi connectivity index (χ0n) is 10.2. The van der Waals surface area contributed by atoms with Gasteiger partial charge in [-0.3, -0.25) is 9.59 Å². The van der Waals surface area contributed by atoms with Crippen molar-refractivity contribution in [2.45, 2.75) is 19.9 Å². The van der Waals surface area contributed by atoms with E-state index in [4.69, 9.17) is 5.73 Å². The minimum absolute atomic E-state index is 0.0984. The van der Waals surface area contributed by atoms with Crippen molar-refractivity contribution in [2.24, 2.45) is 0 Å². The number of rotatable bonds is 4. The first-order valence-electron chi connectivity index (χ1n) is 5.34. The van der Waals surface area contributed by atoms with Crippen molar-refractivity contribution >= 4 is 23.1 Å². The number of nitrogen functional groups attached to an aromatic ring is 1. The zero-order chi connectivity index (χ0) is 13.0. The molecule has 0 aromatic heterocycles. The highest BCUT2D eigenvalue weighted by Gasteiger charge is 2.12. The molecule has 1 aromatic rings. The Bertz CT molecular complexity index is 443. The van der Waals surface area contributed by atoms with Gasteiger partial charge in [-0.25, -0.2) is 0 Å². The minimum atomic E-state index is -0.372. The molecule has 0 bridgehead atoms. The van der Waals surface area contributed by atoms with Crippen LogP contribution in [0.5, 0.6) is 0 Å². The van der Waals surface area contributed by atoms with Crippen LogP contribution in [-0.4, -0.2) is 24.8 Å². The van der Waals surface area contributed by atoms with Crippen LogP contribution in [0.25, 0.3) is 0 Å². The van der Waals surface area contributed by atoms with E-state index in [1.807, 2.05) is 0 Å². The Kier molecular flexibility index (Phi) is 4.09. The van der Waals surface area contributed by atoms with Crippen LogP contribution in [0, 0.1) is 0 Å². The normalized spacial score (nSPS) is 11.7. The number of nitrogens with one attached hydrogen (secondary N) is 2. The zero-order valence-corrected chi connectivity index (χ0v) is 10.2. The molecule has 92 valence electrons. The Labute approximate surface area is 100 Å². The molecule has 1 unspecified atom stereocenters. The van der Waals surface area contributed by atoms with Crippen molar-refractivity contribution in [3.8, 4) is 0 Å². The van der Waals surface area contributed by atoms with Crippen molar-refractivity contribution in [1.29, 1.82) is 0 Å². The lowest BCUT2D eigenvalue weighted by Crippen LogP contribution is -2.35. The number of anilines is 2. The molecule has 0 aliphatic rings. The third-order valence-electron chi connectivity index (χ3n) is 2.46. The Morgan fingerprint density at radius 1 is 1.35 bits per heavy atom. The summed E-state index contributed by atoms with van der Waals surface area (Å²) in [5.41, 5.74) is 7.27. The number of carbonyl (C=O) groups excluding carboxylic acids is 2. The molecule has 5 nitrogen and oxygen atoms in total. The van der Waals surface area contributed by atoms with Crippen LogP contribution in [0.4, 0.5) is 11.4 Å². The SMILES string of the molecule is CNC(=O)C(C)Nc1ccc(N)c(C(C)=O)c1. The molecule has 1 aromatic carbocycles. The Morgan fingerprint density at radius 3 is 2.53 bits per heavy atom. The molecule has 0 heterocycles. The second-order valence-electron chi connectivity index (χ2n) is 3.84. The molecule has 0 fully saturated rings. The molecule has 1 rings (SSSR count). The second kappa shape index (κ2) is 5.34. The molecule has 0 radical (unpaired) electrons. The Hall–Kier alpha value is -2.04. The lowest BCUT2D eigenvalue weighted by Gasteiger charge is -2.14. The van der Waals surface area contributed by atoms with Crippen molar-refractivity contribution < 1.29 is 9.59 Å². The first-order chi connectivity index (χ1) is 7.95. The average Bonchev–Trinajstić information content (AvgIpc) is 2.30. The molecule has 4 N–H and O–H groups in total. The summed E-state index contributed by atoms with van der Waals surface area (Å²) in [6.07, 6.45) is 0. The molecule has 0 saturated heterocycles. The summed E-state index contributed by atoms with van der Waals surface area (Å²) >= 11 is 0. The fraction of sp³-hybridized carbons (Fsp3) is 0.333. The van der Waals surface area contributed by atoms with Gasteiger partial charge in [0.2, 0.25) is 5.91 Å². The quantitative estimate of drug-likeness (QED) is 0.537. The number of Topliss-reactive ketones (excluding diaryl/α,β-unsaturated/α-hetero) is 1. The molecule has 5 heteroatoms. The minimum Gasteiger partial charge on any atom is -0.398 e. The van der Waals surface area contributed by atoms with Crippen LogP contribution < -0.4 is 16.4 Å². The van der Waals surface area contributed by atoms with E-state index in [9.17, 15) is 9.59 Å². The van der Waals surface area contributed by atoms with E-state index in [-0.39, 0.29) is 17.7 Å². The summed E-state index contributed by atoms with van der Waals surface area (Å²) in [7, 11) is 1.57. The predicted octanol–water partition coefficient (Wildman–Crippen LogP) is 1.02. The van der Waals surface area contributed by atoms with Gasteiger partial charge < -0.3 is 16.4 Å². The van der Waals surface area contributed by atoms with Crippen LogP contribution in [-0.2, 0) is 4.79 Å². The van der Waals surface area contributed by atoms with Gasteiger partial charge in [-0.15, -0.1) is 0 Å². The monoisotopic (exact) mass is 235 g/mol. The summed E-state index contributed by atoms with van der Waals surface area (Å²) in [4.78, 5) is 22.6. The van der Waals surface area contributed by atoms with Crippen molar-refractivity contribution in [3.05, 3.63) is 23.8 Å². The summed E-state index contributed by atoms with van der Waals surface area (Å²) in [6.45, 7) is 3.19. The second-order valence-corrected chi connectivity index (χ2v) is 3.84. The van der Waals surface area contributed by atoms with Gasteiger partial charge in [0, 0.05) is 24.0 Å². The lowest BCUT2D eigenvalue weighted by molar-refractivity contribution is -0.121. The van der Waals surface area contributed by atoms with Gasteiger partial charge in [0.25, 0.3) is 0 Å². The molecular formula is C12H17N3O2. The number of benzene rings is 1. The number of hydrogen-bond acceptors (Lipinski definition) is 4. The largest absolute Gasteiger partial charge is 0.398 e. The van der Waals surface area contributed by atoms with Crippen molar-refractivity contribution in [3.63, 3.8) is 0 Å². The summed E-state index contributed by atoms with van der Waals surface area (Å²) in [6, 6.07) is 4.66. The van der Waals surface area contributed by atoms with E-state index >= 15 is 0 Å². The molecule has 1 atom stereocenters. The lowest BCUT2D eigenvalue weighted by atomic mass is 10.1. The molecule has 0 aliphatic carbocycles. The van der Waals surface area contributed by atoms with Crippen LogP contribution >= 0.6 is 0 Å². The van der Waals surface area contributed by atoms with Gasteiger partial charge >= 0.3 is 0 Å². The predicted molar refractivity (Wildman–Crippen MR) is 68.0 cm³/mol. The van der Waals surface area contributed by atoms with Crippen molar-refractivity contribution in [1.82, 2.24) is 5.32 Å². The van der Waals surface area contributed by atoms with Gasteiger partial charge in [0.05, 0.1) is 0 Å². The maximum atomic E-state index is 11.3. The summed E-state index contributed by atoms with van der Waals surface area (Å²) in [5.74, 6) is -0.218. The van der Waals surface area contributed by atoms with Crippen LogP contribution in [0.3, 0.4) is 0 Å². The van der Waals surface area contributed by atoms with Gasteiger partial charge in [-0.1, -0.05) is 0 Å². The van der Waals surface area contributed by atoms with E-state index in [0.29, 0.717) is 16.9 Å². The maximum absolute atomic E-state index is 11.3. The Morgan fingerprint density at radius 2 is 2.00 bits per heavy atom. The standard InChI is InChI=1S/C12H17N3O2/c1-7(12(17)14-3)15-9-4-5-11(13)10(6-9)8(2)16/h4-7,15H,13H2,1-3H3,(H,14,17). The van der Waals surface area contributed by atoms with E-state index in [1.54, 1.807) is 32.2 Å². The molecule has 1 amide bonds. The molecule has 0 saturated carbocycles. The van der Waals surface area contributed by atoms with Crippen LogP contribution in [0.1, 0.15) is 24.2 Å². The summed E-state index contributed by atoms with van der Waals surface area (Å²) in [5, 5.41) is 5.54. The fourth-order valence-electron chi connectivity index (χ4n) is 1.48. The average molecular weight is 235 g/mol. The number of hydrogen-bond donors (Lipinski definition) is 3. The third kappa shape index (κ3) is 3.21. The van der Waals surface area contributed by atoms with E-state index in [2.05, 4.69) is 10.6 Å². The fourth-order valence-corrected chi connectivity index (χ4v) is 1.48. The molecule has 0 spiro atoms. The smallest absolute Gasteiger partial charge is 0.241 e. The first kappa shape index (κ1) is 13.0. The number of amides is 1. The molecule has 17 heavy (non-hydrogen) atoms. The number of nitrogens with two attached hydrogens (primary N) is 1. The first-order valence-corrected chi connectivity index (χ1v) is 5.34.